The molecule has 2 aromatic carbocycles. The quantitative estimate of drug-likeness (QED) is 0.518. The minimum Gasteiger partial charge on any atom is -0.495 e. The first-order valence-corrected chi connectivity index (χ1v) is 10.3. The second-order valence-corrected chi connectivity index (χ2v) is 8.61. The maximum Gasteiger partial charge on any atom is 0.265 e. The number of carbonyl (C=O) groups excluding carboxylic acids is 1. The summed E-state index contributed by atoms with van der Waals surface area (Å²) in [4.78, 5) is 15.6. The van der Waals surface area contributed by atoms with E-state index in [2.05, 4.69) is 5.32 Å². The number of thioether (sulfide) groups is 1. The highest BCUT2D eigenvalue weighted by Gasteiger charge is 2.22. The topological polar surface area (TPSA) is 38.3 Å². The summed E-state index contributed by atoms with van der Waals surface area (Å²) in [6.07, 6.45) is 0. The number of rotatable bonds is 3. The van der Waals surface area contributed by atoms with E-state index in [1.54, 1.807) is 37.1 Å². The van der Waals surface area contributed by atoms with E-state index in [1.165, 1.54) is 16.9 Å². The second-order valence-electron chi connectivity index (χ2n) is 5.70. The molecule has 2 heterocycles. The molecule has 1 aromatic heterocycles. The van der Waals surface area contributed by atoms with Crippen LogP contribution in [0.15, 0.2) is 47.4 Å². The van der Waals surface area contributed by atoms with Gasteiger partial charge in [-0.2, -0.15) is 0 Å². The Morgan fingerprint density at radius 3 is 2.77 bits per heavy atom. The largest absolute Gasteiger partial charge is 0.495 e. The Kier molecular flexibility index (Phi) is 4.88. The second kappa shape index (κ2) is 7.16. The van der Waals surface area contributed by atoms with E-state index < -0.39 is 0 Å². The van der Waals surface area contributed by atoms with Crippen molar-refractivity contribution in [3.05, 3.63) is 63.0 Å². The molecule has 0 aliphatic carbocycles. The van der Waals surface area contributed by atoms with Crippen LogP contribution in [0.1, 0.15) is 15.2 Å². The van der Waals surface area contributed by atoms with Crippen LogP contribution in [0.4, 0.5) is 5.69 Å². The summed E-state index contributed by atoms with van der Waals surface area (Å²) in [5.74, 6) is 1.26. The number of thiophene rings is 1. The number of carbonyl (C=O) groups is 1. The van der Waals surface area contributed by atoms with Gasteiger partial charge in [-0.1, -0.05) is 29.3 Å². The van der Waals surface area contributed by atoms with Gasteiger partial charge in [0.2, 0.25) is 0 Å². The summed E-state index contributed by atoms with van der Waals surface area (Å²) in [5, 5.41) is 4.08. The number of amides is 1. The van der Waals surface area contributed by atoms with Gasteiger partial charge in [0.1, 0.15) is 5.75 Å². The number of anilines is 1. The fourth-order valence-corrected chi connectivity index (χ4v) is 5.61. The molecule has 0 saturated carbocycles. The zero-order chi connectivity index (χ0) is 18.3. The summed E-state index contributed by atoms with van der Waals surface area (Å²) in [6, 6.07) is 13.0. The van der Waals surface area contributed by atoms with Gasteiger partial charge in [0.05, 0.1) is 17.0 Å². The Labute approximate surface area is 169 Å². The van der Waals surface area contributed by atoms with Gasteiger partial charge < -0.3 is 10.1 Å². The number of hydrogen-bond acceptors (Lipinski definition) is 4. The van der Waals surface area contributed by atoms with Crippen molar-refractivity contribution in [1.82, 2.24) is 0 Å². The fourth-order valence-electron chi connectivity index (χ4n) is 2.77. The van der Waals surface area contributed by atoms with E-state index in [9.17, 15) is 4.79 Å². The molecule has 4 rings (SSSR count). The summed E-state index contributed by atoms with van der Waals surface area (Å²) in [7, 11) is 1.55. The normalized spacial score (nSPS) is 12.3. The van der Waals surface area contributed by atoms with E-state index in [0.29, 0.717) is 21.3 Å². The molecule has 0 unspecified atom stereocenters. The lowest BCUT2D eigenvalue weighted by atomic mass is 10.1. The molecular formula is C19H13Cl2NO2S2. The van der Waals surface area contributed by atoms with Crippen LogP contribution in [0.2, 0.25) is 10.0 Å². The van der Waals surface area contributed by atoms with Crippen LogP contribution in [0.3, 0.4) is 0 Å². The average Bonchev–Trinajstić information content (AvgIpc) is 3.06. The molecule has 1 N–H and O–H groups in total. The van der Waals surface area contributed by atoms with Gasteiger partial charge in [-0.3, -0.25) is 4.79 Å². The maximum atomic E-state index is 12.7. The summed E-state index contributed by atoms with van der Waals surface area (Å²) >= 11 is 15.5. The number of ether oxygens (including phenoxy) is 1. The number of nitrogens with one attached hydrogen (secondary N) is 1. The molecule has 1 aliphatic heterocycles. The van der Waals surface area contributed by atoms with Crippen LogP contribution in [0.5, 0.6) is 5.75 Å². The standard InChI is InChI=1S/C19H13Cl2NO2S2/c1-24-15-5-3-12(8-14(15)21)22-19(23)17-6-10-9-25-16-7-11(20)2-4-13(16)18(10)26-17/h2-8H,9H2,1H3,(H,22,23). The zero-order valence-corrected chi connectivity index (χ0v) is 16.8. The molecule has 3 nitrogen and oxygen atoms in total. The summed E-state index contributed by atoms with van der Waals surface area (Å²) < 4.78 is 5.13. The number of fused-ring (bicyclic) bond motifs is 3. The van der Waals surface area contributed by atoms with E-state index in [-0.39, 0.29) is 5.91 Å². The van der Waals surface area contributed by atoms with Gasteiger partial charge in [-0.25, -0.2) is 0 Å². The Bertz CT molecular complexity index is 1020. The minimum atomic E-state index is -0.147. The van der Waals surface area contributed by atoms with Crippen molar-refractivity contribution >= 4 is 57.9 Å². The van der Waals surface area contributed by atoms with Crippen LogP contribution in [-0.4, -0.2) is 13.0 Å². The van der Waals surface area contributed by atoms with E-state index in [1.807, 2.05) is 24.3 Å². The molecule has 0 bridgehead atoms. The zero-order valence-electron chi connectivity index (χ0n) is 13.6. The molecule has 26 heavy (non-hydrogen) atoms. The van der Waals surface area contributed by atoms with Crippen molar-refractivity contribution in [3.63, 3.8) is 0 Å². The first-order chi connectivity index (χ1) is 12.5. The van der Waals surface area contributed by atoms with Gasteiger partial charge >= 0.3 is 0 Å². The maximum absolute atomic E-state index is 12.7. The molecule has 0 fully saturated rings. The monoisotopic (exact) mass is 421 g/mol. The molecule has 1 amide bonds. The molecule has 0 radical (unpaired) electrons. The highest BCUT2D eigenvalue weighted by Crippen LogP contribution is 2.46. The molecular weight excluding hydrogens is 409 g/mol. The van der Waals surface area contributed by atoms with Crippen LogP contribution in [-0.2, 0) is 5.75 Å². The Morgan fingerprint density at radius 2 is 2.00 bits per heavy atom. The van der Waals surface area contributed by atoms with Crippen LogP contribution in [0, 0.1) is 0 Å². The molecule has 0 spiro atoms. The Hall–Kier alpha value is -1.66. The van der Waals surface area contributed by atoms with Crippen molar-refractivity contribution in [2.24, 2.45) is 0 Å². The smallest absolute Gasteiger partial charge is 0.265 e. The van der Waals surface area contributed by atoms with Crippen molar-refractivity contribution in [2.45, 2.75) is 10.6 Å². The lowest BCUT2D eigenvalue weighted by Gasteiger charge is -2.15. The third-order valence-corrected chi connectivity index (χ3v) is 6.86. The van der Waals surface area contributed by atoms with Crippen molar-refractivity contribution in [3.8, 4) is 16.2 Å². The Balaban J connectivity index is 1.61. The van der Waals surface area contributed by atoms with Gasteiger partial charge in [0.25, 0.3) is 5.91 Å². The summed E-state index contributed by atoms with van der Waals surface area (Å²) in [6.45, 7) is 0. The van der Waals surface area contributed by atoms with Crippen LogP contribution < -0.4 is 10.1 Å². The molecule has 132 valence electrons. The number of hydrogen-bond donors (Lipinski definition) is 1. The average molecular weight is 422 g/mol. The highest BCUT2D eigenvalue weighted by atomic mass is 35.5. The lowest BCUT2D eigenvalue weighted by molar-refractivity contribution is 0.103. The minimum absolute atomic E-state index is 0.147. The number of benzene rings is 2. The Morgan fingerprint density at radius 1 is 1.15 bits per heavy atom. The first kappa shape index (κ1) is 17.7. The van der Waals surface area contributed by atoms with Crippen LogP contribution in [0.25, 0.3) is 10.4 Å². The SMILES string of the molecule is COc1ccc(NC(=O)c2cc3c(s2)-c2ccc(Cl)cc2SC3)cc1Cl. The van der Waals surface area contributed by atoms with Crippen molar-refractivity contribution < 1.29 is 9.53 Å². The molecule has 0 saturated heterocycles. The summed E-state index contributed by atoms with van der Waals surface area (Å²) in [5.41, 5.74) is 2.94. The number of methoxy groups -OCH3 is 1. The molecule has 3 aromatic rings. The van der Waals surface area contributed by atoms with E-state index >= 15 is 0 Å². The van der Waals surface area contributed by atoms with Crippen molar-refractivity contribution in [1.29, 1.82) is 0 Å². The van der Waals surface area contributed by atoms with E-state index in [0.717, 1.165) is 26.1 Å². The van der Waals surface area contributed by atoms with Gasteiger partial charge in [0, 0.05) is 31.8 Å². The van der Waals surface area contributed by atoms with Gasteiger partial charge in [0.15, 0.2) is 0 Å². The molecule has 0 atom stereocenters. The third-order valence-electron chi connectivity index (χ3n) is 4.01. The first-order valence-electron chi connectivity index (χ1n) is 7.75. The predicted octanol–water partition coefficient (Wildman–Crippen LogP) is 6.59. The number of halogens is 2. The highest BCUT2D eigenvalue weighted by molar-refractivity contribution is 7.98. The predicted molar refractivity (Wildman–Crippen MR) is 110 cm³/mol. The van der Waals surface area contributed by atoms with Crippen LogP contribution >= 0.6 is 46.3 Å². The fraction of sp³-hybridized carbons (Fsp3) is 0.105. The lowest BCUT2D eigenvalue weighted by Crippen LogP contribution is -2.10. The van der Waals surface area contributed by atoms with E-state index in [4.69, 9.17) is 27.9 Å². The van der Waals surface area contributed by atoms with Gasteiger partial charge in [-0.15, -0.1) is 23.1 Å². The third kappa shape index (κ3) is 3.32. The van der Waals surface area contributed by atoms with Gasteiger partial charge in [-0.05, 0) is 42.0 Å². The van der Waals surface area contributed by atoms with Crippen molar-refractivity contribution in [2.75, 3.05) is 12.4 Å². The molecule has 7 heteroatoms. The molecule has 1 aliphatic rings.